The van der Waals surface area contributed by atoms with Crippen molar-refractivity contribution in [2.24, 2.45) is 0 Å². The molecule has 0 bridgehead atoms. The van der Waals surface area contributed by atoms with E-state index in [9.17, 15) is 14.4 Å². The number of amides is 3. The minimum absolute atomic E-state index is 0.118. The Bertz CT molecular complexity index is 331. The number of nitrogens with zero attached hydrogens (tertiary/aromatic N) is 1. The summed E-state index contributed by atoms with van der Waals surface area (Å²) in [6.07, 6.45) is 2.50. The zero-order valence-electron chi connectivity index (χ0n) is 11.0. The molecule has 0 aromatic heterocycles. The maximum Gasteiger partial charge on any atom is 0.246 e. The molecule has 0 aromatic rings. The highest BCUT2D eigenvalue weighted by molar-refractivity contribution is 6.03. The lowest BCUT2D eigenvalue weighted by Gasteiger charge is -2.30. The van der Waals surface area contributed by atoms with Crippen LogP contribution in [0.15, 0.2) is 0 Å². The molecule has 6 nitrogen and oxygen atoms in total. The Morgan fingerprint density at radius 3 is 2.78 bits per heavy atom. The van der Waals surface area contributed by atoms with Crippen LogP contribution in [0, 0.1) is 0 Å². The molecule has 0 saturated carbocycles. The van der Waals surface area contributed by atoms with Gasteiger partial charge in [-0.2, -0.15) is 0 Å². The first kappa shape index (κ1) is 14.6. The number of hydrogen-bond acceptors (Lipinski definition) is 4. The number of piperazine rings is 1. The molecule has 1 saturated heterocycles. The van der Waals surface area contributed by atoms with Gasteiger partial charge in [0, 0.05) is 6.54 Å². The summed E-state index contributed by atoms with van der Waals surface area (Å²) in [6.45, 7) is 4.43. The third kappa shape index (κ3) is 3.80. The van der Waals surface area contributed by atoms with Gasteiger partial charge in [-0.1, -0.05) is 20.3 Å². The fourth-order valence-electron chi connectivity index (χ4n) is 1.79. The molecule has 1 rings (SSSR count). The second-order valence-electron chi connectivity index (χ2n) is 4.36. The molecular formula is C12H21N3O3. The van der Waals surface area contributed by atoms with Gasteiger partial charge in [-0.3, -0.25) is 24.6 Å². The van der Waals surface area contributed by atoms with Crippen LogP contribution < -0.4 is 10.6 Å². The third-order valence-electron chi connectivity index (χ3n) is 2.93. The van der Waals surface area contributed by atoms with Gasteiger partial charge >= 0.3 is 0 Å². The first-order chi connectivity index (χ1) is 8.60. The van der Waals surface area contributed by atoms with Crippen LogP contribution in [-0.2, 0) is 14.4 Å². The standard InChI is InChI=1S/C12H21N3O3/c1-3-5-6-13-10(16)8-15-11(17)7-14-9(4-2)12(15)18/h9,14H,3-8H2,1-2H3,(H,13,16). The van der Waals surface area contributed by atoms with E-state index in [1.165, 1.54) is 0 Å². The molecule has 0 aromatic carbocycles. The molecule has 1 atom stereocenters. The van der Waals surface area contributed by atoms with Crippen LogP contribution >= 0.6 is 0 Å². The van der Waals surface area contributed by atoms with Crippen LogP contribution in [0.1, 0.15) is 33.1 Å². The molecule has 0 radical (unpaired) electrons. The fraction of sp³-hybridized carbons (Fsp3) is 0.750. The minimum atomic E-state index is -0.355. The quantitative estimate of drug-likeness (QED) is 0.502. The summed E-state index contributed by atoms with van der Waals surface area (Å²) in [6, 6.07) is -0.355. The van der Waals surface area contributed by atoms with E-state index in [2.05, 4.69) is 10.6 Å². The minimum Gasteiger partial charge on any atom is -0.355 e. The number of rotatable bonds is 6. The van der Waals surface area contributed by atoms with Crippen LogP contribution in [0.3, 0.4) is 0 Å². The van der Waals surface area contributed by atoms with E-state index in [0.29, 0.717) is 13.0 Å². The van der Waals surface area contributed by atoms with E-state index in [4.69, 9.17) is 0 Å². The summed E-state index contributed by atoms with van der Waals surface area (Å²) >= 11 is 0. The van der Waals surface area contributed by atoms with Crippen molar-refractivity contribution in [2.45, 2.75) is 39.2 Å². The second-order valence-corrected chi connectivity index (χ2v) is 4.36. The van der Waals surface area contributed by atoms with Crippen LogP contribution in [-0.4, -0.2) is 48.3 Å². The Balaban J connectivity index is 2.49. The molecule has 6 heteroatoms. The molecular weight excluding hydrogens is 234 g/mol. The van der Waals surface area contributed by atoms with Gasteiger partial charge in [0.1, 0.15) is 6.54 Å². The normalized spacial score (nSPS) is 20.1. The topological polar surface area (TPSA) is 78.5 Å². The summed E-state index contributed by atoms with van der Waals surface area (Å²) in [5, 5.41) is 5.55. The van der Waals surface area contributed by atoms with Crippen molar-refractivity contribution in [2.75, 3.05) is 19.6 Å². The predicted molar refractivity (Wildman–Crippen MR) is 66.7 cm³/mol. The predicted octanol–water partition coefficient (Wildman–Crippen LogP) is -0.360. The number of hydrogen-bond donors (Lipinski definition) is 2. The molecule has 1 unspecified atom stereocenters. The molecule has 3 amide bonds. The van der Waals surface area contributed by atoms with Gasteiger partial charge in [-0.15, -0.1) is 0 Å². The number of imide groups is 1. The average molecular weight is 255 g/mol. The lowest BCUT2D eigenvalue weighted by atomic mass is 10.1. The van der Waals surface area contributed by atoms with Gasteiger partial charge in [0.25, 0.3) is 0 Å². The number of carbonyl (C=O) groups is 3. The monoisotopic (exact) mass is 255 g/mol. The fourth-order valence-corrected chi connectivity index (χ4v) is 1.79. The van der Waals surface area contributed by atoms with Gasteiger partial charge in [0.2, 0.25) is 17.7 Å². The molecule has 1 fully saturated rings. The zero-order valence-corrected chi connectivity index (χ0v) is 11.0. The van der Waals surface area contributed by atoms with E-state index in [1.54, 1.807) is 0 Å². The summed E-state index contributed by atoms with van der Waals surface area (Å²) in [5.41, 5.74) is 0. The summed E-state index contributed by atoms with van der Waals surface area (Å²) < 4.78 is 0. The van der Waals surface area contributed by atoms with E-state index in [1.807, 2.05) is 13.8 Å². The van der Waals surface area contributed by atoms with E-state index < -0.39 is 0 Å². The van der Waals surface area contributed by atoms with Crippen molar-refractivity contribution in [3.05, 3.63) is 0 Å². The number of unbranched alkanes of at least 4 members (excludes halogenated alkanes) is 1. The molecule has 2 N–H and O–H groups in total. The first-order valence-electron chi connectivity index (χ1n) is 6.44. The highest BCUT2D eigenvalue weighted by Crippen LogP contribution is 2.05. The smallest absolute Gasteiger partial charge is 0.246 e. The van der Waals surface area contributed by atoms with Crippen molar-refractivity contribution in [1.82, 2.24) is 15.5 Å². The third-order valence-corrected chi connectivity index (χ3v) is 2.93. The molecule has 18 heavy (non-hydrogen) atoms. The first-order valence-corrected chi connectivity index (χ1v) is 6.44. The van der Waals surface area contributed by atoms with Crippen molar-refractivity contribution >= 4 is 17.7 Å². The van der Waals surface area contributed by atoms with Crippen LogP contribution in [0.5, 0.6) is 0 Å². The maximum atomic E-state index is 11.9. The van der Waals surface area contributed by atoms with Crippen molar-refractivity contribution in [1.29, 1.82) is 0 Å². The highest BCUT2D eigenvalue weighted by Gasteiger charge is 2.33. The van der Waals surface area contributed by atoms with Gasteiger partial charge in [-0.25, -0.2) is 0 Å². The number of carbonyl (C=O) groups excluding carboxylic acids is 3. The Kier molecular flexibility index (Phi) is 5.77. The van der Waals surface area contributed by atoms with Crippen molar-refractivity contribution in [3.63, 3.8) is 0 Å². The van der Waals surface area contributed by atoms with E-state index >= 15 is 0 Å². The SMILES string of the molecule is CCCCNC(=O)CN1C(=O)CNC(CC)C1=O. The molecule has 0 aliphatic carbocycles. The van der Waals surface area contributed by atoms with Crippen LogP contribution in [0.25, 0.3) is 0 Å². The summed E-state index contributed by atoms with van der Waals surface area (Å²) in [4.78, 5) is 36.1. The molecule has 102 valence electrons. The summed E-state index contributed by atoms with van der Waals surface area (Å²) in [5.74, 6) is -0.920. The van der Waals surface area contributed by atoms with Gasteiger partial charge in [-0.05, 0) is 12.8 Å². The maximum absolute atomic E-state index is 11.9. The van der Waals surface area contributed by atoms with E-state index in [-0.39, 0.29) is 36.9 Å². The lowest BCUT2D eigenvalue weighted by molar-refractivity contribution is -0.152. The largest absolute Gasteiger partial charge is 0.355 e. The molecule has 1 aliphatic heterocycles. The molecule has 1 aliphatic rings. The van der Waals surface area contributed by atoms with Crippen LogP contribution in [0.4, 0.5) is 0 Å². The molecule has 0 spiro atoms. The van der Waals surface area contributed by atoms with Gasteiger partial charge in [0.15, 0.2) is 0 Å². The Morgan fingerprint density at radius 1 is 1.44 bits per heavy atom. The van der Waals surface area contributed by atoms with Gasteiger partial charge < -0.3 is 5.32 Å². The summed E-state index contributed by atoms with van der Waals surface area (Å²) in [7, 11) is 0. The van der Waals surface area contributed by atoms with E-state index in [0.717, 1.165) is 17.7 Å². The van der Waals surface area contributed by atoms with Crippen LogP contribution in [0.2, 0.25) is 0 Å². The molecule has 1 heterocycles. The number of nitrogens with one attached hydrogen (secondary N) is 2. The lowest BCUT2D eigenvalue weighted by Crippen LogP contribution is -2.59. The second kappa shape index (κ2) is 7.10. The Labute approximate surface area is 107 Å². The Morgan fingerprint density at radius 2 is 2.17 bits per heavy atom. The van der Waals surface area contributed by atoms with Gasteiger partial charge in [0.05, 0.1) is 12.6 Å². The highest BCUT2D eigenvalue weighted by atomic mass is 16.2. The van der Waals surface area contributed by atoms with Crippen molar-refractivity contribution in [3.8, 4) is 0 Å². The average Bonchev–Trinajstić information content (AvgIpc) is 2.35. The zero-order chi connectivity index (χ0) is 13.5. The van der Waals surface area contributed by atoms with Crippen molar-refractivity contribution < 1.29 is 14.4 Å². The Hall–Kier alpha value is -1.43.